The molecule has 2 N–H and O–H groups in total. The van der Waals surface area contributed by atoms with Crippen molar-refractivity contribution in [3.05, 3.63) is 10.9 Å². The summed E-state index contributed by atoms with van der Waals surface area (Å²) in [6.07, 6.45) is 0.926. The van der Waals surface area contributed by atoms with Crippen LogP contribution in [0.4, 0.5) is 5.69 Å². The zero-order chi connectivity index (χ0) is 8.55. The summed E-state index contributed by atoms with van der Waals surface area (Å²) in [5, 5.41) is 3.82. The molecule has 1 aliphatic rings. The molecule has 66 valence electrons. The second-order valence-electron chi connectivity index (χ2n) is 2.81. The number of ether oxygens (including phenoxy) is 1. The molecule has 0 aliphatic carbocycles. The number of nitrogen functional groups attached to an aromatic ring is 1. The molecule has 1 saturated heterocycles. The van der Waals surface area contributed by atoms with Gasteiger partial charge in [0.15, 0.2) is 10.9 Å². The van der Waals surface area contributed by atoms with Gasteiger partial charge >= 0.3 is 0 Å². The molecule has 0 aromatic carbocycles. The van der Waals surface area contributed by atoms with Crippen LogP contribution in [0.3, 0.4) is 0 Å². The lowest BCUT2D eigenvalue weighted by Gasteiger charge is -2.01. The van der Waals surface area contributed by atoms with E-state index in [1.807, 2.05) is 0 Å². The minimum Gasteiger partial charge on any atom is -0.393 e. The maximum Gasteiger partial charge on any atom is 0.195 e. The van der Waals surface area contributed by atoms with E-state index in [-0.39, 0.29) is 11.1 Å². The molecule has 1 unspecified atom stereocenters. The van der Waals surface area contributed by atoms with E-state index in [1.54, 1.807) is 0 Å². The number of rotatable bonds is 1. The minimum absolute atomic E-state index is 0.227. The molecule has 2 rings (SSSR count). The topological polar surface area (TPSA) is 61.3 Å². The highest BCUT2D eigenvalue weighted by atomic mass is 35.5. The van der Waals surface area contributed by atoms with Gasteiger partial charge in [-0.05, 0) is 6.42 Å². The predicted molar refractivity (Wildman–Crippen MR) is 44.1 cm³/mol. The van der Waals surface area contributed by atoms with Crippen molar-refractivity contribution in [1.82, 2.24) is 5.16 Å². The van der Waals surface area contributed by atoms with Crippen LogP contribution in [0.1, 0.15) is 18.1 Å². The first-order valence-electron chi connectivity index (χ1n) is 3.77. The van der Waals surface area contributed by atoms with E-state index >= 15 is 0 Å². The van der Waals surface area contributed by atoms with Gasteiger partial charge in [-0.25, -0.2) is 0 Å². The van der Waals surface area contributed by atoms with E-state index < -0.39 is 0 Å². The van der Waals surface area contributed by atoms with E-state index in [9.17, 15) is 0 Å². The Morgan fingerprint density at radius 1 is 1.58 bits per heavy atom. The van der Waals surface area contributed by atoms with Gasteiger partial charge in [0.2, 0.25) is 0 Å². The Labute approximate surface area is 74.6 Å². The highest BCUT2D eigenvalue weighted by molar-refractivity contribution is 6.31. The maximum absolute atomic E-state index is 5.64. The molecular weight excluding hydrogens is 180 g/mol. The largest absolute Gasteiger partial charge is 0.393 e. The number of anilines is 1. The second-order valence-corrected chi connectivity index (χ2v) is 3.17. The number of aromatic nitrogens is 1. The third-order valence-electron chi connectivity index (χ3n) is 2.01. The highest BCUT2D eigenvalue weighted by Crippen LogP contribution is 2.32. The van der Waals surface area contributed by atoms with Crippen molar-refractivity contribution in [3.63, 3.8) is 0 Å². The summed E-state index contributed by atoms with van der Waals surface area (Å²) < 4.78 is 10.2. The van der Waals surface area contributed by atoms with Gasteiger partial charge in [0.1, 0.15) is 5.69 Å². The van der Waals surface area contributed by atoms with Crippen LogP contribution in [0.15, 0.2) is 4.52 Å². The summed E-state index contributed by atoms with van der Waals surface area (Å²) in [6.45, 7) is 1.40. The van der Waals surface area contributed by atoms with Crippen LogP contribution in [0.25, 0.3) is 0 Å². The molecule has 1 aromatic rings. The summed E-state index contributed by atoms with van der Waals surface area (Å²) >= 11 is 5.64. The molecule has 1 aromatic heterocycles. The van der Waals surface area contributed by atoms with E-state index in [2.05, 4.69) is 5.16 Å². The van der Waals surface area contributed by atoms with Crippen molar-refractivity contribution < 1.29 is 9.26 Å². The molecule has 0 saturated carbocycles. The van der Waals surface area contributed by atoms with Crippen molar-refractivity contribution in [2.75, 3.05) is 18.9 Å². The highest BCUT2D eigenvalue weighted by Gasteiger charge is 2.25. The number of nitrogens with two attached hydrogens (primary N) is 1. The lowest BCUT2D eigenvalue weighted by molar-refractivity contribution is 0.190. The van der Waals surface area contributed by atoms with Crippen LogP contribution < -0.4 is 5.73 Å². The predicted octanol–water partition coefficient (Wildman–Crippen LogP) is 1.41. The SMILES string of the molecule is Nc1c(Cl)noc1C1CCOC1. The maximum atomic E-state index is 5.64. The van der Waals surface area contributed by atoms with Gasteiger partial charge < -0.3 is 15.0 Å². The first-order valence-corrected chi connectivity index (χ1v) is 4.15. The van der Waals surface area contributed by atoms with Crippen LogP contribution in [0.5, 0.6) is 0 Å². The molecule has 2 heterocycles. The first kappa shape index (κ1) is 7.89. The Morgan fingerprint density at radius 3 is 2.92 bits per heavy atom. The monoisotopic (exact) mass is 188 g/mol. The van der Waals surface area contributed by atoms with Gasteiger partial charge in [0, 0.05) is 12.5 Å². The molecule has 0 spiro atoms. The Morgan fingerprint density at radius 2 is 2.42 bits per heavy atom. The van der Waals surface area contributed by atoms with Gasteiger partial charge in [-0.3, -0.25) is 0 Å². The Balaban J connectivity index is 2.26. The zero-order valence-corrected chi connectivity index (χ0v) is 7.17. The molecule has 1 fully saturated rings. The van der Waals surface area contributed by atoms with Crippen LogP contribution in [-0.4, -0.2) is 18.4 Å². The Bertz CT molecular complexity index is 281. The van der Waals surface area contributed by atoms with Crippen molar-refractivity contribution in [1.29, 1.82) is 0 Å². The smallest absolute Gasteiger partial charge is 0.195 e. The quantitative estimate of drug-likeness (QED) is 0.724. The summed E-state index contributed by atoms with van der Waals surface area (Å²) in [5.74, 6) is 0.891. The molecule has 5 heteroatoms. The molecule has 0 bridgehead atoms. The standard InChI is InChI=1S/C7H9ClN2O2/c8-7-5(9)6(12-10-7)4-1-2-11-3-4/h4H,1-3,9H2. The van der Waals surface area contributed by atoms with Gasteiger partial charge in [0.25, 0.3) is 0 Å². The fourth-order valence-electron chi connectivity index (χ4n) is 1.33. The van der Waals surface area contributed by atoms with Gasteiger partial charge in [-0.2, -0.15) is 0 Å². The van der Waals surface area contributed by atoms with Crippen LogP contribution in [0.2, 0.25) is 5.15 Å². The number of nitrogens with zero attached hydrogens (tertiary/aromatic N) is 1. The number of hydrogen-bond donors (Lipinski definition) is 1. The minimum atomic E-state index is 0.227. The average molecular weight is 189 g/mol. The van der Waals surface area contributed by atoms with Crippen LogP contribution in [-0.2, 0) is 4.74 Å². The molecule has 0 radical (unpaired) electrons. The van der Waals surface area contributed by atoms with E-state index in [1.165, 1.54) is 0 Å². The van der Waals surface area contributed by atoms with Crippen LogP contribution in [0, 0.1) is 0 Å². The Kier molecular flexibility index (Phi) is 1.94. The lowest BCUT2D eigenvalue weighted by Crippen LogP contribution is -1.99. The molecule has 1 aliphatic heterocycles. The summed E-state index contributed by atoms with van der Waals surface area (Å²) in [5.41, 5.74) is 6.09. The van der Waals surface area contributed by atoms with Crippen LogP contribution >= 0.6 is 11.6 Å². The number of halogens is 1. The molecular formula is C7H9ClN2O2. The van der Waals surface area contributed by atoms with Crippen molar-refractivity contribution in [2.24, 2.45) is 0 Å². The van der Waals surface area contributed by atoms with Gasteiger partial charge in [-0.15, -0.1) is 0 Å². The van der Waals surface area contributed by atoms with Crippen molar-refractivity contribution in [3.8, 4) is 0 Å². The summed E-state index contributed by atoms with van der Waals surface area (Å²) in [7, 11) is 0. The van der Waals surface area contributed by atoms with E-state index in [0.717, 1.165) is 13.0 Å². The van der Waals surface area contributed by atoms with Gasteiger partial charge in [0.05, 0.1) is 6.61 Å². The third-order valence-corrected chi connectivity index (χ3v) is 2.28. The van der Waals surface area contributed by atoms with Gasteiger partial charge in [-0.1, -0.05) is 16.8 Å². The van der Waals surface area contributed by atoms with E-state index in [0.29, 0.717) is 18.1 Å². The fourth-order valence-corrected chi connectivity index (χ4v) is 1.45. The molecule has 12 heavy (non-hydrogen) atoms. The fraction of sp³-hybridized carbons (Fsp3) is 0.571. The van der Waals surface area contributed by atoms with Crippen molar-refractivity contribution in [2.45, 2.75) is 12.3 Å². The molecule has 1 atom stereocenters. The molecule has 0 amide bonds. The van der Waals surface area contributed by atoms with Crippen molar-refractivity contribution >= 4 is 17.3 Å². The lowest BCUT2D eigenvalue weighted by atomic mass is 10.1. The zero-order valence-electron chi connectivity index (χ0n) is 6.42. The summed E-state index contributed by atoms with van der Waals surface area (Å²) in [6, 6.07) is 0. The third kappa shape index (κ3) is 1.17. The number of hydrogen-bond acceptors (Lipinski definition) is 4. The summed E-state index contributed by atoms with van der Waals surface area (Å²) in [4.78, 5) is 0. The van der Waals surface area contributed by atoms with E-state index in [4.69, 9.17) is 26.6 Å². The normalized spacial score (nSPS) is 23.2. The average Bonchev–Trinajstić information content (AvgIpc) is 2.64. The molecule has 4 nitrogen and oxygen atoms in total. The Hall–Kier alpha value is -0.740. The second kappa shape index (κ2) is 2.95. The first-order chi connectivity index (χ1) is 5.79.